The average molecular weight is 370 g/mol. The van der Waals surface area contributed by atoms with Crippen LogP contribution in [0.15, 0.2) is 33.5 Å². The Labute approximate surface area is 156 Å². The fraction of sp³-hybridized carbons (Fsp3) is 0.400. The SMILES string of the molecule is Cc1ccc2oc(C(=O)O[C@@H](C)C(=O)N[C@@](C)(C#N)C(C)C)cc(=O)c2c1. The summed E-state index contributed by atoms with van der Waals surface area (Å²) in [4.78, 5) is 36.8. The van der Waals surface area contributed by atoms with Gasteiger partial charge in [-0.05, 0) is 38.8 Å². The normalized spacial score (nSPS) is 14.3. The van der Waals surface area contributed by atoms with E-state index in [4.69, 9.17) is 9.15 Å². The number of benzene rings is 1. The van der Waals surface area contributed by atoms with E-state index in [0.717, 1.165) is 11.6 Å². The fourth-order valence-corrected chi connectivity index (χ4v) is 2.30. The Morgan fingerprint density at radius 3 is 2.52 bits per heavy atom. The Balaban J connectivity index is 2.18. The Bertz CT molecular complexity index is 986. The van der Waals surface area contributed by atoms with Crippen molar-refractivity contribution in [2.75, 3.05) is 0 Å². The standard InChI is InChI=1S/C20H22N2O5/c1-11(2)20(5,10-21)22-18(24)13(4)26-19(25)17-9-15(23)14-8-12(3)6-7-16(14)27-17/h6-9,11,13H,1-5H3,(H,22,24)/t13-,20-/m0/s1. The van der Waals surface area contributed by atoms with Crippen molar-refractivity contribution in [3.8, 4) is 6.07 Å². The molecule has 7 nitrogen and oxygen atoms in total. The third-order valence-electron chi connectivity index (χ3n) is 4.51. The largest absolute Gasteiger partial charge is 0.449 e. The molecule has 0 saturated heterocycles. The number of carbonyl (C=O) groups is 2. The number of nitriles is 1. The van der Waals surface area contributed by atoms with E-state index in [1.54, 1.807) is 39.0 Å². The second kappa shape index (κ2) is 7.62. The van der Waals surface area contributed by atoms with E-state index in [-0.39, 0.29) is 22.7 Å². The summed E-state index contributed by atoms with van der Waals surface area (Å²) >= 11 is 0. The lowest BCUT2D eigenvalue weighted by atomic mass is 9.90. The molecule has 0 spiro atoms. The number of amides is 1. The van der Waals surface area contributed by atoms with Gasteiger partial charge in [-0.1, -0.05) is 25.5 Å². The molecule has 1 aromatic carbocycles. The van der Waals surface area contributed by atoms with Crippen molar-refractivity contribution in [3.05, 3.63) is 45.8 Å². The maximum atomic E-state index is 12.3. The Morgan fingerprint density at radius 1 is 1.26 bits per heavy atom. The molecular formula is C20H22N2O5. The zero-order valence-corrected chi connectivity index (χ0v) is 16.0. The van der Waals surface area contributed by atoms with Gasteiger partial charge in [0.05, 0.1) is 11.5 Å². The molecule has 1 N–H and O–H groups in total. The molecule has 2 atom stereocenters. The van der Waals surface area contributed by atoms with Crippen LogP contribution in [0.2, 0.25) is 0 Å². The minimum Gasteiger partial charge on any atom is -0.449 e. The van der Waals surface area contributed by atoms with Gasteiger partial charge in [0.1, 0.15) is 11.1 Å². The monoisotopic (exact) mass is 370 g/mol. The lowest BCUT2D eigenvalue weighted by Crippen LogP contribution is -2.52. The number of nitrogens with zero attached hydrogens (tertiary/aromatic N) is 1. The number of rotatable bonds is 5. The highest BCUT2D eigenvalue weighted by atomic mass is 16.6. The second-order valence-electron chi connectivity index (χ2n) is 6.98. The fourth-order valence-electron chi connectivity index (χ4n) is 2.30. The lowest BCUT2D eigenvalue weighted by molar-refractivity contribution is -0.130. The molecule has 0 aliphatic heterocycles. The van der Waals surface area contributed by atoms with Crippen molar-refractivity contribution in [2.24, 2.45) is 5.92 Å². The van der Waals surface area contributed by atoms with Crippen LogP contribution in [0.1, 0.15) is 43.8 Å². The maximum absolute atomic E-state index is 12.3. The highest BCUT2D eigenvalue weighted by molar-refractivity contribution is 5.91. The van der Waals surface area contributed by atoms with E-state index in [9.17, 15) is 19.6 Å². The van der Waals surface area contributed by atoms with Gasteiger partial charge in [-0.25, -0.2) is 4.79 Å². The number of hydrogen-bond acceptors (Lipinski definition) is 6. The molecule has 1 aromatic heterocycles. The van der Waals surface area contributed by atoms with Gasteiger partial charge in [0.15, 0.2) is 11.5 Å². The van der Waals surface area contributed by atoms with Crippen LogP contribution in [0.3, 0.4) is 0 Å². The number of ether oxygens (including phenoxy) is 1. The number of esters is 1. The summed E-state index contributed by atoms with van der Waals surface area (Å²) < 4.78 is 10.5. The van der Waals surface area contributed by atoms with Crippen LogP contribution in [0.5, 0.6) is 0 Å². The van der Waals surface area contributed by atoms with E-state index in [1.165, 1.54) is 6.92 Å². The maximum Gasteiger partial charge on any atom is 0.375 e. The Kier molecular flexibility index (Phi) is 5.69. The second-order valence-corrected chi connectivity index (χ2v) is 6.98. The first-order valence-corrected chi connectivity index (χ1v) is 8.56. The van der Waals surface area contributed by atoms with E-state index >= 15 is 0 Å². The van der Waals surface area contributed by atoms with Gasteiger partial charge in [-0.3, -0.25) is 9.59 Å². The third-order valence-corrected chi connectivity index (χ3v) is 4.51. The highest BCUT2D eigenvalue weighted by Crippen LogP contribution is 2.17. The van der Waals surface area contributed by atoms with E-state index in [1.807, 2.05) is 13.0 Å². The van der Waals surface area contributed by atoms with Gasteiger partial charge >= 0.3 is 5.97 Å². The quantitative estimate of drug-likeness (QED) is 0.811. The van der Waals surface area contributed by atoms with Crippen LogP contribution < -0.4 is 10.7 Å². The Hall–Kier alpha value is -3.14. The molecule has 0 aliphatic carbocycles. The Morgan fingerprint density at radius 2 is 1.93 bits per heavy atom. The van der Waals surface area contributed by atoms with Gasteiger partial charge in [0, 0.05) is 6.07 Å². The van der Waals surface area contributed by atoms with Crippen molar-refractivity contribution in [1.29, 1.82) is 5.26 Å². The molecular weight excluding hydrogens is 348 g/mol. The van der Waals surface area contributed by atoms with Crippen LogP contribution in [0, 0.1) is 24.2 Å². The summed E-state index contributed by atoms with van der Waals surface area (Å²) in [5.74, 6) is -1.97. The first-order valence-electron chi connectivity index (χ1n) is 8.56. The van der Waals surface area contributed by atoms with Crippen LogP contribution in [-0.4, -0.2) is 23.5 Å². The van der Waals surface area contributed by atoms with Crippen LogP contribution in [0.4, 0.5) is 0 Å². The molecule has 0 radical (unpaired) electrons. The van der Waals surface area contributed by atoms with Gasteiger partial charge in [-0.2, -0.15) is 5.26 Å². The van der Waals surface area contributed by atoms with Gasteiger partial charge in [-0.15, -0.1) is 0 Å². The van der Waals surface area contributed by atoms with Crippen molar-refractivity contribution in [2.45, 2.75) is 46.3 Å². The predicted octanol–water partition coefficient (Wildman–Crippen LogP) is 2.70. The summed E-state index contributed by atoms with van der Waals surface area (Å²) in [5, 5.41) is 12.2. The number of aryl methyl sites for hydroxylation is 1. The molecule has 2 aromatic rings. The number of fused-ring (bicyclic) bond motifs is 1. The molecule has 0 aliphatic rings. The molecule has 142 valence electrons. The molecule has 1 heterocycles. The molecule has 0 unspecified atom stereocenters. The molecule has 0 fully saturated rings. The smallest absolute Gasteiger partial charge is 0.375 e. The number of carbonyl (C=O) groups excluding carboxylic acids is 2. The zero-order chi connectivity index (χ0) is 20.4. The molecule has 7 heteroatoms. The minimum absolute atomic E-state index is 0.142. The van der Waals surface area contributed by atoms with E-state index in [0.29, 0.717) is 5.39 Å². The van der Waals surface area contributed by atoms with Gasteiger partial charge < -0.3 is 14.5 Å². The van der Waals surface area contributed by atoms with Crippen LogP contribution >= 0.6 is 0 Å². The van der Waals surface area contributed by atoms with Crippen LogP contribution in [0.25, 0.3) is 11.0 Å². The zero-order valence-electron chi connectivity index (χ0n) is 16.0. The minimum atomic E-state index is -1.16. The summed E-state index contributed by atoms with van der Waals surface area (Å²) in [6.07, 6.45) is -1.16. The van der Waals surface area contributed by atoms with Crippen molar-refractivity contribution >= 4 is 22.8 Å². The van der Waals surface area contributed by atoms with E-state index in [2.05, 4.69) is 5.32 Å². The first-order chi connectivity index (χ1) is 12.6. The summed E-state index contributed by atoms with van der Waals surface area (Å²) in [6, 6.07) is 8.11. The van der Waals surface area contributed by atoms with Crippen LogP contribution in [-0.2, 0) is 9.53 Å². The van der Waals surface area contributed by atoms with Gasteiger partial charge in [0.2, 0.25) is 5.76 Å². The molecule has 0 saturated carbocycles. The van der Waals surface area contributed by atoms with Crippen molar-refractivity contribution < 1.29 is 18.7 Å². The molecule has 2 rings (SSSR count). The topological polar surface area (TPSA) is 109 Å². The summed E-state index contributed by atoms with van der Waals surface area (Å²) in [6.45, 7) is 8.41. The predicted molar refractivity (Wildman–Crippen MR) is 99.1 cm³/mol. The number of nitrogens with one attached hydrogen (secondary N) is 1. The average Bonchev–Trinajstić information content (AvgIpc) is 2.61. The van der Waals surface area contributed by atoms with Crippen molar-refractivity contribution in [1.82, 2.24) is 5.32 Å². The summed E-state index contributed by atoms with van der Waals surface area (Å²) in [7, 11) is 0. The van der Waals surface area contributed by atoms with E-state index < -0.39 is 23.5 Å². The summed E-state index contributed by atoms with van der Waals surface area (Å²) in [5.41, 5.74) is -0.318. The number of hydrogen-bond donors (Lipinski definition) is 1. The lowest BCUT2D eigenvalue weighted by Gasteiger charge is -2.28. The first kappa shape index (κ1) is 20.2. The van der Waals surface area contributed by atoms with Crippen molar-refractivity contribution in [3.63, 3.8) is 0 Å². The highest BCUT2D eigenvalue weighted by Gasteiger charge is 2.33. The molecule has 1 amide bonds. The van der Waals surface area contributed by atoms with Gasteiger partial charge in [0.25, 0.3) is 5.91 Å². The molecule has 0 bridgehead atoms. The third kappa shape index (κ3) is 4.34. The molecule has 27 heavy (non-hydrogen) atoms.